The number of rotatable bonds is 6. The number of nitrogens with one attached hydrogen (secondary N) is 2. The van der Waals surface area contributed by atoms with Crippen LogP contribution in [0.1, 0.15) is 44.0 Å². The lowest BCUT2D eigenvalue weighted by molar-refractivity contribution is -0.121. The largest absolute Gasteiger partial charge is 0.352 e. The van der Waals surface area contributed by atoms with Gasteiger partial charge in [0.25, 0.3) is 5.91 Å². The van der Waals surface area contributed by atoms with Gasteiger partial charge in [-0.3, -0.25) is 9.59 Å². The number of anilines is 1. The molecule has 0 aromatic heterocycles. The quantitative estimate of drug-likeness (QED) is 0.742. The number of hydrogen-bond donors (Lipinski definition) is 3. The molecule has 1 rings (SSSR count). The Hall–Kier alpha value is -1.88. The third-order valence-corrected chi connectivity index (χ3v) is 3.43. The zero-order chi connectivity index (χ0) is 15.2. The lowest BCUT2D eigenvalue weighted by Gasteiger charge is -2.25. The SMILES string of the molecule is CCNC(=O)c1cccc(NC(=O)C(N)(CC)CC)c1. The fourth-order valence-electron chi connectivity index (χ4n) is 1.83. The molecule has 5 nitrogen and oxygen atoms in total. The highest BCUT2D eigenvalue weighted by atomic mass is 16.2. The van der Waals surface area contributed by atoms with Gasteiger partial charge < -0.3 is 16.4 Å². The molecule has 0 saturated heterocycles. The number of nitrogens with two attached hydrogens (primary N) is 1. The van der Waals surface area contributed by atoms with Crippen molar-refractivity contribution in [2.45, 2.75) is 39.2 Å². The van der Waals surface area contributed by atoms with Crippen LogP contribution in [0.5, 0.6) is 0 Å². The average Bonchev–Trinajstić information content (AvgIpc) is 2.46. The summed E-state index contributed by atoms with van der Waals surface area (Å²) in [5.41, 5.74) is 6.26. The first-order chi connectivity index (χ1) is 9.46. The van der Waals surface area contributed by atoms with Gasteiger partial charge in [0, 0.05) is 17.8 Å². The molecule has 0 fully saturated rings. The Morgan fingerprint density at radius 2 is 1.85 bits per heavy atom. The van der Waals surface area contributed by atoms with Crippen molar-refractivity contribution in [1.29, 1.82) is 0 Å². The standard InChI is InChI=1S/C15H23N3O2/c1-4-15(16,5-2)14(20)18-12-9-7-8-11(10-12)13(19)17-6-3/h7-10H,4-6,16H2,1-3H3,(H,17,19)(H,18,20). The Labute approximate surface area is 119 Å². The number of amides is 2. The number of benzene rings is 1. The molecule has 20 heavy (non-hydrogen) atoms. The molecule has 110 valence electrons. The summed E-state index contributed by atoms with van der Waals surface area (Å²) in [6.07, 6.45) is 1.12. The Balaban J connectivity index is 2.86. The van der Waals surface area contributed by atoms with Crippen LogP contribution in [-0.2, 0) is 4.79 Å². The third-order valence-electron chi connectivity index (χ3n) is 3.43. The second-order valence-corrected chi connectivity index (χ2v) is 4.76. The molecule has 0 bridgehead atoms. The van der Waals surface area contributed by atoms with Crippen LogP contribution in [0.25, 0.3) is 0 Å². The maximum atomic E-state index is 12.2. The van der Waals surface area contributed by atoms with Gasteiger partial charge in [0.1, 0.15) is 0 Å². The first-order valence-corrected chi connectivity index (χ1v) is 6.95. The second kappa shape index (κ2) is 7.05. The van der Waals surface area contributed by atoms with Crippen molar-refractivity contribution >= 4 is 17.5 Å². The van der Waals surface area contributed by atoms with E-state index in [1.54, 1.807) is 24.3 Å². The van der Waals surface area contributed by atoms with Crippen LogP contribution >= 0.6 is 0 Å². The molecule has 0 saturated carbocycles. The Morgan fingerprint density at radius 1 is 1.20 bits per heavy atom. The second-order valence-electron chi connectivity index (χ2n) is 4.76. The van der Waals surface area contributed by atoms with E-state index in [1.807, 2.05) is 20.8 Å². The molecule has 0 spiro atoms. The van der Waals surface area contributed by atoms with Gasteiger partial charge in [0.15, 0.2) is 0 Å². The topological polar surface area (TPSA) is 84.2 Å². The van der Waals surface area contributed by atoms with E-state index in [2.05, 4.69) is 10.6 Å². The highest BCUT2D eigenvalue weighted by molar-refractivity contribution is 6.00. The van der Waals surface area contributed by atoms with E-state index in [-0.39, 0.29) is 11.8 Å². The summed E-state index contributed by atoms with van der Waals surface area (Å²) >= 11 is 0. The molecule has 2 amide bonds. The van der Waals surface area contributed by atoms with Crippen LogP contribution in [0.4, 0.5) is 5.69 Å². The van der Waals surface area contributed by atoms with Gasteiger partial charge in [0.05, 0.1) is 5.54 Å². The maximum absolute atomic E-state index is 12.2. The lowest BCUT2D eigenvalue weighted by Crippen LogP contribution is -2.50. The van der Waals surface area contributed by atoms with Gasteiger partial charge in [-0.05, 0) is 38.0 Å². The highest BCUT2D eigenvalue weighted by Gasteiger charge is 2.29. The molecule has 0 atom stereocenters. The summed E-state index contributed by atoms with van der Waals surface area (Å²) in [5, 5.41) is 5.50. The molecule has 0 aliphatic carbocycles. The smallest absolute Gasteiger partial charge is 0.251 e. The fraction of sp³-hybridized carbons (Fsp3) is 0.467. The summed E-state index contributed by atoms with van der Waals surface area (Å²) in [4.78, 5) is 23.9. The van der Waals surface area contributed by atoms with Crippen molar-refractivity contribution in [2.24, 2.45) is 5.73 Å². The Kier molecular flexibility index (Phi) is 5.70. The summed E-state index contributed by atoms with van der Waals surface area (Å²) in [5.74, 6) is -0.385. The van der Waals surface area contributed by atoms with Gasteiger partial charge in [-0.15, -0.1) is 0 Å². The van der Waals surface area contributed by atoms with Crippen molar-refractivity contribution < 1.29 is 9.59 Å². The third kappa shape index (κ3) is 3.81. The predicted molar refractivity (Wildman–Crippen MR) is 80.6 cm³/mol. The predicted octanol–water partition coefficient (Wildman–Crippen LogP) is 1.89. The minimum absolute atomic E-state index is 0.159. The molecule has 0 heterocycles. The van der Waals surface area contributed by atoms with E-state index in [0.29, 0.717) is 30.6 Å². The maximum Gasteiger partial charge on any atom is 0.251 e. The Bertz CT molecular complexity index is 482. The fourth-order valence-corrected chi connectivity index (χ4v) is 1.83. The number of carbonyl (C=O) groups is 2. The number of carbonyl (C=O) groups excluding carboxylic acids is 2. The molecule has 1 aromatic rings. The Morgan fingerprint density at radius 3 is 2.40 bits per heavy atom. The van der Waals surface area contributed by atoms with Gasteiger partial charge in [-0.1, -0.05) is 19.9 Å². The van der Waals surface area contributed by atoms with E-state index < -0.39 is 5.54 Å². The minimum atomic E-state index is -0.873. The molecule has 0 radical (unpaired) electrons. The van der Waals surface area contributed by atoms with E-state index in [0.717, 1.165) is 0 Å². The van der Waals surface area contributed by atoms with Gasteiger partial charge >= 0.3 is 0 Å². The van der Waals surface area contributed by atoms with Gasteiger partial charge in [-0.2, -0.15) is 0 Å². The van der Waals surface area contributed by atoms with Crippen LogP contribution in [-0.4, -0.2) is 23.9 Å². The molecule has 0 aliphatic heterocycles. The van der Waals surface area contributed by atoms with Crippen LogP contribution in [0.2, 0.25) is 0 Å². The van der Waals surface area contributed by atoms with Crippen LogP contribution in [0, 0.1) is 0 Å². The molecular formula is C15H23N3O2. The van der Waals surface area contributed by atoms with Crippen molar-refractivity contribution in [3.05, 3.63) is 29.8 Å². The zero-order valence-corrected chi connectivity index (χ0v) is 12.3. The number of hydrogen-bond acceptors (Lipinski definition) is 3. The first kappa shape index (κ1) is 16.2. The van der Waals surface area contributed by atoms with Gasteiger partial charge in [-0.25, -0.2) is 0 Å². The van der Waals surface area contributed by atoms with E-state index >= 15 is 0 Å². The molecule has 0 unspecified atom stereocenters. The summed E-state index contributed by atoms with van der Waals surface area (Å²) in [7, 11) is 0. The molecule has 1 aromatic carbocycles. The monoisotopic (exact) mass is 277 g/mol. The zero-order valence-electron chi connectivity index (χ0n) is 12.3. The summed E-state index contributed by atoms with van der Waals surface area (Å²) in [6, 6.07) is 6.83. The molecule has 5 heteroatoms. The van der Waals surface area contributed by atoms with Gasteiger partial charge in [0.2, 0.25) is 5.91 Å². The normalized spacial score (nSPS) is 11.0. The van der Waals surface area contributed by atoms with Crippen molar-refractivity contribution in [1.82, 2.24) is 5.32 Å². The van der Waals surface area contributed by atoms with E-state index in [4.69, 9.17) is 5.73 Å². The highest BCUT2D eigenvalue weighted by Crippen LogP contribution is 2.16. The van der Waals surface area contributed by atoms with Crippen molar-refractivity contribution in [3.8, 4) is 0 Å². The van der Waals surface area contributed by atoms with Crippen molar-refractivity contribution in [3.63, 3.8) is 0 Å². The molecule has 0 aliphatic rings. The van der Waals surface area contributed by atoms with Crippen LogP contribution < -0.4 is 16.4 Å². The van der Waals surface area contributed by atoms with Crippen LogP contribution in [0.3, 0.4) is 0 Å². The lowest BCUT2D eigenvalue weighted by atomic mass is 9.93. The average molecular weight is 277 g/mol. The molecular weight excluding hydrogens is 254 g/mol. The summed E-state index contributed by atoms with van der Waals surface area (Å²) < 4.78 is 0. The summed E-state index contributed by atoms with van der Waals surface area (Å²) in [6.45, 7) is 6.18. The van der Waals surface area contributed by atoms with Crippen molar-refractivity contribution in [2.75, 3.05) is 11.9 Å². The molecule has 4 N–H and O–H groups in total. The first-order valence-electron chi connectivity index (χ1n) is 6.95. The minimum Gasteiger partial charge on any atom is -0.352 e. The van der Waals surface area contributed by atoms with E-state index in [1.165, 1.54) is 0 Å². The van der Waals surface area contributed by atoms with Crippen LogP contribution in [0.15, 0.2) is 24.3 Å². The van der Waals surface area contributed by atoms with E-state index in [9.17, 15) is 9.59 Å².